The lowest BCUT2D eigenvalue weighted by molar-refractivity contribution is 0.587. The summed E-state index contributed by atoms with van der Waals surface area (Å²) in [6.45, 7) is 0. The molecule has 1 aromatic carbocycles. The predicted octanol–water partition coefficient (Wildman–Crippen LogP) is 4.11. The maximum Gasteiger partial charge on any atom is 0.169 e. The van der Waals surface area contributed by atoms with Gasteiger partial charge in [-0.25, -0.2) is 23.7 Å². The molecule has 0 amide bonds. The predicted molar refractivity (Wildman–Crippen MR) is 90.2 cm³/mol. The molecule has 25 heavy (non-hydrogen) atoms. The van der Waals surface area contributed by atoms with Crippen LogP contribution in [0.1, 0.15) is 0 Å². The molecule has 0 radical (unpaired) electrons. The number of aromatic nitrogens is 4. The molecule has 1 N–H and O–H groups in total. The van der Waals surface area contributed by atoms with Crippen molar-refractivity contribution >= 4 is 22.5 Å². The minimum Gasteiger partial charge on any atom is -0.339 e. The number of rotatable bonds is 3. The van der Waals surface area contributed by atoms with Gasteiger partial charge >= 0.3 is 0 Å². The van der Waals surface area contributed by atoms with Crippen molar-refractivity contribution < 1.29 is 8.78 Å². The van der Waals surface area contributed by atoms with Crippen LogP contribution in [0.2, 0.25) is 0 Å². The van der Waals surface area contributed by atoms with Gasteiger partial charge in [0.25, 0.3) is 0 Å². The van der Waals surface area contributed by atoms with Gasteiger partial charge in [0.15, 0.2) is 11.5 Å². The summed E-state index contributed by atoms with van der Waals surface area (Å²) in [5.41, 5.74) is 0.790. The number of hydrogen-bond acceptors (Lipinski definition) is 5. The lowest BCUT2D eigenvalue weighted by atomic mass is 10.1. The van der Waals surface area contributed by atoms with Crippen molar-refractivity contribution in [1.29, 1.82) is 0 Å². The first-order valence-corrected chi connectivity index (χ1v) is 7.46. The van der Waals surface area contributed by atoms with Gasteiger partial charge in [-0.15, -0.1) is 0 Å². The van der Waals surface area contributed by atoms with Crippen molar-refractivity contribution in [1.82, 2.24) is 19.9 Å². The second-order valence-electron chi connectivity index (χ2n) is 5.23. The third kappa shape index (κ3) is 2.87. The highest BCUT2D eigenvalue weighted by molar-refractivity contribution is 5.89. The van der Waals surface area contributed by atoms with E-state index in [1.165, 1.54) is 18.2 Å². The second-order valence-corrected chi connectivity index (χ2v) is 5.23. The van der Waals surface area contributed by atoms with E-state index in [1.807, 2.05) is 0 Å². The Kier molecular flexibility index (Phi) is 3.74. The number of hydrogen-bond donors (Lipinski definition) is 1. The van der Waals surface area contributed by atoms with Crippen LogP contribution in [0.25, 0.3) is 22.4 Å². The fourth-order valence-electron chi connectivity index (χ4n) is 2.45. The number of benzene rings is 1. The van der Waals surface area contributed by atoms with Crippen LogP contribution >= 0.6 is 0 Å². The molecule has 122 valence electrons. The minimum atomic E-state index is -0.731. The molecule has 0 aliphatic heterocycles. The van der Waals surface area contributed by atoms with Crippen LogP contribution in [0.4, 0.5) is 20.3 Å². The van der Waals surface area contributed by atoms with Gasteiger partial charge in [0, 0.05) is 24.3 Å². The van der Waals surface area contributed by atoms with Crippen LogP contribution in [0.5, 0.6) is 0 Å². The van der Waals surface area contributed by atoms with Gasteiger partial charge in [0.2, 0.25) is 0 Å². The number of pyridine rings is 2. The Labute approximate surface area is 141 Å². The van der Waals surface area contributed by atoms with Crippen molar-refractivity contribution in [3.05, 3.63) is 72.7 Å². The standard InChI is InChI=1S/C18H11F2N5/c19-13-4-1-5-14(20)15(13)18-24-16-12(3-2-8-22-16)17(25-18)23-11-6-9-21-10-7-11/h1-10H,(H,21,22,23,24,25). The second kappa shape index (κ2) is 6.20. The highest BCUT2D eigenvalue weighted by Gasteiger charge is 2.17. The molecule has 0 spiro atoms. The normalized spacial score (nSPS) is 10.8. The van der Waals surface area contributed by atoms with Crippen LogP contribution in [0, 0.1) is 11.6 Å². The molecule has 0 unspecified atom stereocenters. The van der Waals surface area contributed by atoms with Gasteiger partial charge < -0.3 is 5.32 Å². The van der Waals surface area contributed by atoms with E-state index < -0.39 is 11.6 Å². The first-order valence-electron chi connectivity index (χ1n) is 7.46. The smallest absolute Gasteiger partial charge is 0.169 e. The Bertz CT molecular complexity index is 1030. The number of halogens is 2. The Morgan fingerprint density at radius 3 is 2.32 bits per heavy atom. The number of anilines is 2. The summed E-state index contributed by atoms with van der Waals surface area (Å²) in [6, 6.07) is 10.7. The molecule has 0 saturated carbocycles. The minimum absolute atomic E-state index is 0.0710. The first kappa shape index (κ1) is 15.1. The topological polar surface area (TPSA) is 63.6 Å². The molecule has 4 rings (SSSR count). The van der Waals surface area contributed by atoms with Crippen molar-refractivity contribution in [2.45, 2.75) is 0 Å². The molecule has 5 nitrogen and oxygen atoms in total. The summed E-state index contributed by atoms with van der Waals surface area (Å²) in [5.74, 6) is -1.13. The van der Waals surface area contributed by atoms with Crippen molar-refractivity contribution in [3.8, 4) is 11.4 Å². The summed E-state index contributed by atoms with van der Waals surface area (Å²) >= 11 is 0. The van der Waals surface area contributed by atoms with Crippen molar-refractivity contribution in [2.75, 3.05) is 5.32 Å². The van der Waals surface area contributed by atoms with E-state index in [4.69, 9.17) is 0 Å². The average molecular weight is 335 g/mol. The van der Waals surface area contributed by atoms with E-state index in [9.17, 15) is 8.78 Å². The number of fused-ring (bicyclic) bond motifs is 1. The van der Waals surface area contributed by atoms with Gasteiger partial charge in [0.1, 0.15) is 17.5 Å². The summed E-state index contributed by atoms with van der Waals surface area (Å²) in [5, 5.41) is 3.76. The van der Waals surface area contributed by atoms with E-state index >= 15 is 0 Å². The van der Waals surface area contributed by atoms with Crippen molar-refractivity contribution in [2.24, 2.45) is 0 Å². The Morgan fingerprint density at radius 2 is 1.56 bits per heavy atom. The molecule has 0 aliphatic rings. The van der Waals surface area contributed by atoms with Gasteiger partial charge in [0.05, 0.1) is 10.9 Å². The third-order valence-electron chi connectivity index (χ3n) is 3.60. The summed E-state index contributed by atoms with van der Waals surface area (Å²) in [6.07, 6.45) is 4.82. The SMILES string of the molecule is Fc1cccc(F)c1-c1nc(Nc2ccncc2)c2cccnc2n1. The average Bonchev–Trinajstić information content (AvgIpc) is 2.62. The number of nitrogens with one attached hydrogen (secondary N) is 1. The molecule has 3 aromatic heterocycles. The molecular weight excluding hydrogens is 324 g/mol. The third-order valence-corrected chi connectivity index (χ3v) is 3.60. The molecule has 0 aliphatic carbocycles. The van der Waals surface area contributed by atoms with Crippen LogP contribution in [-0.2, 0) is 0 Å². The molecule has 0 atom stereocenters. The quantitative estimate of drug-likeness (QED) is 0.610. The van der Waals surface area contributed by atoms with Crippen molar-refractivity contribution in [3.63, 3.8) is 0 Å². The highest BCUT2D eigenvalue weighted by atomic mass is 19.1. The molecule has 0 bridgehead atoms. The fourth-order valence-corrected chi connectivity index (χ4v) is 2.45. The van der Waals surface area contributed by atoms with Crippen LogP contribution in [0.3, 0.4) is 0 Å². The lowest BCUT2D eigenvalue weighted by Gasteiger charge is -2.11. The summed E-state index contributed by atoms with van der Waals surface area (Å²) in [7, 11) is 0. The Balaban J connectivity index is 1.93. The van der Waals surface area contributed by atoms with Gasteiger partial charge in [-0.1, -0.05) is 6.07 Å². The van der Waals surface area contributed by atoms with Crippen LogP contribution in [-0.4, -0.2) is 19.9 Å². The van der Waals surface area contributed by atoms with Crippen LogP contribution < -0.4 is 5.32 Å². The maximum absolute atomic E-state index is 14.1. The van der Waals surface area contributed by atoms with E-state index in [0.29, 0.717) is 16.9 Å². The molecule has 0 saturated heterocycles. The lowest BCUT2D eigenvalue weighted by Crippen LogP contribution is -2.02. The summed E-state index contributed by atoms with van der Waals surface area (Å²) < 4.78 is 28.3. The molecule has 3 heterocycles. The van der Waals surface area contributed by atoms with Gasteiger partial charge in [-0.05, 0) is 36.4 Å². The Hall–Kier alpha value is -3.48. The molecular formula is C18H11F2N5. The molecule has 0 fully saturated rings. The first-order chi connectivity index (χ1) is 12.2. The van der Waals surface area contributed by atoms with E-state index in [-0.39, 0.29) is 11.4 Å². The van der Waals surface area contributed by atoms with Gasteiger partial charge in [-0.2, -0.15) is 0 Å². The van der Waals surface area contributed by atoms with E-state index in [0.717, 1.165) is 5.69 Å². The zero-order valence-electron chi connectivity index (χ0n) is 12.8. The fraction of sp³-hybridized carbons (Fsp3) is 0. The Morgan fingerprint density at radius 1 is 0.800 bits per heavy atom. The molecule has 4 aromatic rings. The number of nitrogens with zero attached hydrogens (tertiary/aromatic N) is 4. The van der Waals surface area contributed by atoms with Crippen LogP contribution in [0.15, 0.2) is 61.1 Å². The van der Waals surface area contributed by atoms with E-state index in [2.05, 4.69) is 25.3 Å². The highest BCUT2D eigenvalue weighted by Crippen LogP contribution is 2.28. The zero-order valence-corrected chi connectivity index (χ0v) is 12.8. The summed E-state index contributed by atoms with van der Waals surface area (Å²) in [4.78, 5) is 16.7. The zero-order chi connectivity index (χ0) is 17.2. The van der Waals surface area contributed by atoms with Gasteiger partial charge in [-0.3, -0.25) is 4.98 Å². The van der Waals surface area contributed by atoms with E-state index in [1.54, 1.807) is 42.9 Å². The maximum atomic E-state index is 14.1. The largest absolute Gasteiger partial charge is 0.339 e. The monoisotopic (exact) mass is 335 g/mol. The molecule has 7 heteroatoms.